The molecular weight excluding hydrogens is 455 g/mol. The first-order valence-corrected chi connectivity index (χ1v) is 10.8. The molecule has 0 spiro atoms. The van der Waals surface area contributed by atoms with Crippen LogP contribution in [0.5, 0.6) is 0 Å². The smallest absolute Gasteiger partial charge is 0.0238 e. The maximum absolute atomic E-state index is 2.32. The summed E-state index contributed by atoms with van der Waals surface area (Å²) in [6.45, 7) is 2.26. The average Bonchev–Trinajstić information content (AvgIpc) is 3.05. The molecule has 0 aromatic heterocycles. The van der Waals surface area contributed by atoms with Crippen molar-refractivity contribution in [2.45, 2.75) is 45.4 Å². The summed E-state index contributed by atoms with van der Waals surface area (Å²) >= 11 is 1.27. The molecule has 0 nitrogen and oxygen atoms in total. The van der Waals surface area contributed by atoms with Crippen molar-refractivity contribution in [3.05, 3.63) is 92.8 Å². The topological polar surface area (TPSA) is 0 Å². The van der Waals surface area contributed by atoms with Crippen LogP contribution in [0.25, 0.3) is 0 Å². The number of hydrogen-bond acceptors (Lipinski definition) is 0. The van der Waals surface area contributed by atoms with E-state index in [1.54, 1.807) is 8.90 Å². The van der Waals surface area contributed by atoms with Crippen LogP contribution in [0.15, 0.2) is 81.7 Å². The predicted molar refractivity (Wildman–Crippen MR) is 101 cm³/mol. The largest absolute Gasteiger partial charge is 0.0622 e. The molecule has 123 valence electrons. The Morgan fingerprint density at radius 3 is 1.75 bits per heavy atom. The van der Waals surface area contributed by atoms with Crippen LogP contribution in [0.4, 0.5) is 0 Å². The van der Waals surface area contributed by atoms with E-state index in [9.17, 15) is 0 Å². The van der Waals surface area contributed by atoms with Crippen LogP contribution < -0.4 is 0 Å². The first-order valence-electron chi connectivity index (χ1n) is 8.97. The molecule has 24 heavy (non-hydrogen) atoms. The molecule has 0 atom stereocenters. The van der Waals surface area contributed by atoms with Crippen molar-refractivity contribution in [2.24, 2.45) is 0 Å². The Bertz CT molecular complexity index is 599. The Balaban J connectivity index is 0.000000185. The second-order valence-corrected chi connectivity index (χ2v) is 8.35. The van der Waals surface area contributed by atoms with E-state index in [0.29, 0.717) is 0 Å². The molecule has 3 rings (SSSR count). The van der Waals surface area contributed by atoms with Gasteiger partial charge in [-0.2, -0.15) is 0 Å². The molecule has 1 aliphatic rings. The molecule has 0 heterocycles. The zero-order valence-electron chi connectivity index (χ0n) is 14.7. The van der Waals surface area contributed by atoms with Crippen molar-refractivity contribution in [2.75, 3.05) is 0 Å². The van der Waals surface area contributed by atoms with Gasteiger partial charge >= 0.3 is 78.0 Å². The molecule has 0 saturated carbocycles. The van der Waals surface area contributed by atoms with E-state index in [4.69, 9.17) is 0 Å². The van der Waals surface area contributed by atoms with Crippen molar-refractivity contribution in [3.63, 3.8) is 0 Å². The number of hydrogen-bond donors (Lipinski definition) is 0. The standard InChI is InChI=1S/C14H14.C9H13.Hf/c1-3-7-13(8-4-1)11-12-14-9-5-2-6-10-14;1-2-3-6-9-7-4-5-8-9;/h1-10H,11-12H2;4,7H,2-3,5-6H2,1H3;. The minimum absolute atomic E-state index is 1.13. The normalized spacial score (nSPS) is 12.8. The number of allylic oxidation sites excluding steroid dienone is 4. The number of benzene rings is 2. The van der Waals surface area contributed by atoms with Crippen LogP contribution in [-0.2, 0) is 37.2 Å². The Kier molecular flexibility index (Phi) is 9.05. The van der Waals surface area contributed by atoms with Gasteiger partial charge in [-0.1, -0.05) is 60.7 Å². The molecule has 0 saturated heterocycles. The van der Waals surface area contributed by atoms with Gasteiger partial charge in [0.15, 0.2) is 0 Å². The molecule has 0 N–H and O–H groups in total. The minimum Gasteiger partial charge on any atom is -0.0622 e. The minimum atomic E-state index is 1.13. The fourth-order valence-corrected chi connectivity index (χ4v) is 3.90. The molecule has 2 aromatic carbocycles. The predicted octanol–water partition coefficient (Wildman–Crippen LogP) is 6.41. The van der Waals surface area contributed by atoms with Gasteiger partial charge in [0.05, 0.1) is 0 Å². The summed E-state index contributed by atoms with van der Waals surface area (Å²) in [5.41, 5.74) is 4.47. The first-order chi connectivity index (χ1) is 11.8. The van der Waals surface area contributed by atoms with Crippen LogP contribution in [0.1, 0.15) is 43.7 Å². The van der Waals surface area contributed by atoms with Gasteiger partial charge in [0.25, 0.3) is 0 Å². The average molecular weight is 482 g/mol. The van der Waals surface area contributed by atoms with Crippen LogP contribution >= 0.6 is 0 Å². The maximum atomic E-state index is 2.32. The summed E-state index contributed by atoms with van der Waals surface area (Å²) < 4.78 is 1.72. The SMILES string of the molecule is CCCCC1=[C]([Hf])CC=C1.c1ccc(CCc2ccccc2)cc1. The Labute approximate surface area is 162 Å². The van der Waals surface area contributed by atoms with E-state index < -0.39 is 0 Å². The van der Waals surface area contributed by atoms with E-state index in [0.717, 1.165) is 12.8 Å². The van der Waals surface area contributed by atoms with Gasteiger partial charge in [-0.25, -0.2) is 0 Å². The third-order valence-corrected chi connectivity index (χ3v) is 6.10. The second-order valence-electron chi connectivity index (χ2n) is 6.19. The van der Waals surface area contributed by atoms with E-state index in [-0.39, 0.29) is 0 Å². The number of rotatable bonds is 6. The first kappa shape index (κ1) is 19.1. The Morgan fingerprint density at radius 2 is 1.33 bits per heavy atom. The van der Waals surface area contributed by atoms with Crippen LogP contribution in [0.2, 0.25) is 0 Å². The van der Waals surface area contributed by atoms with Gasteiger partial charge in [0.1, 0.15) is 0 Å². The Hall–Kier alpha value is -1.21. The van der Waals surface area contributed by atoms with E-state index in [1.807, 2.05) is 0 Å². The molecule has 1 aliphatic carbocycles. The van der Waals surface area contributed by atoms with E-state index in [2.05, 4.69) is 79.7 Å². The molecule has 0 bridgehead atoms. The van der Waals surface area contributed by atoms with Gasteiger partial charge in [-0.15, -0.1) is 0 Å². The third kappa shape index (κ3) is 7.13. The monoisotopic (exact) mass is 483 g/mol. The summed E-state index contributed by atoms with van der Waals surface area (Å²) in [4.78, 5) is 0. The zero-order chi connectivity index (χ0) is 17.0. The van der Waals surface area contributed by atoms with Crippen molar-refractivity contribution >= 4 is 0 Å². The summed E-state index contributed by atoms with van der Waals surface area (Å²) in [5.74, 6) is 0. The van der Waals surface area contributed by atoms with Crippen LogP contribution in [0.3, 0.4) is 0 Å². The molecule has 0 aliphatic heterocycles. The zero-order valence-corrected chi connectivity index (χ0v) is 18.3. The summed E-state index contributed by atoms with van der Waals surface area (Å²) in [7, 11) is 0. The van der Waals surface area contributed by atoms with Gasteiger partial charge in [0, 0.05) is 0 Å². The van der Waals surface area contributed by atoms with Crippen molar-refractivity contribution in [1.29, 1.82) is 0 Å². The van der Waals surface area contributed by atoms with Crippen LogP contribution in [-0.4, -0.2) is 0 Å². The molecule has 0 unspecified atom stereocenters. The maximum Gasteiger partial charge on any atom is -0.0238 e. The molecule has 0 radical (unpaired) electrons. The second kappa shape index (κ2) is 11.4. The summed E-state index contributed by atoms with van der Waals surface area (Å²) in [6.07, 6.45) is 12.1. The van der Waals surface area contributed by atoms with E-state index in [1.165, 1.54) is 61.2 Å². The number of unbranched alkanes of at least 4 members (excludes halogenated alkanes) is 1. The molecule has 0 fully saturated rings. The molecular formula is C23H27Hf. The summed E-state index contributed by atoms with van der Waals surface area (Å²) in [5, 5.41) is 0. The number of aryl methyl sites for hydroxylation is 2. The molecule has 0 amide bonds. The fourth-order valence-electron chi connectivity index (χ4n) is 2.73. The Morgan fingerprint density at radius 1 is 0.792 bits per heavy atom. The van der Waals surface area contributed by atoms with Gasteiger partial charge < -0.3 is 0 Å². The van der Waals surface area contributed by atoms with Gasteiger partial charge in [-0.3, -0.25) is 0 Å². The van der Waals surface area contributed by atoms with Gasteiger partial charge in [0.2, 0.25) is 0 Å². The quantitative estimate of drug-likeness (QED) is 0.418. The fraction of sp³-hybridized carbons (Fsp3) is 0.304. The molecule has 2 aromatic rings. The van der Waals surface area contributed by atoms with Gasteiger partial charge in [-0.05, 0) is 24.0 Å². The summed E-state index contributed by atoms with van der Waals surface area (Å²) in [6, 6.07) is 21.2. The third-order valence-electron chi connectivity index (χ3n) is 4.22. The van der Waals surface area contributed by atoms with Crippen LogP contribution in [0, 0.1) is 0 Å². The van der Waals surface area contributed by atoms with Crippen molar-refractivity contribution in [3.8, 4) is 0 Å². The van der Waals surface area contributed by atoms with Crippen molar-refractivity contribution in [1.82, 2.24) is 0 Å². The molecule has 1 heteroatoms. The van der Waals surface area contributed by atoms with Crippen molar-refractivity contribution < 1.29 is 24.4 Å². The van der Waals surface area contributed by atoms with E-state index >= 15 is 0 Å².